The van der Waals surface area contributed by atoms with Crippen molar-refractivity contribution in [2.75, 3.05) is 19.3 Å². The molecule has 0 saturated carbocycles. The first-order valence-corrected chi connectivity index (χ1v) is 8.40. The predicted octanol–water partition coefficient (Wildman–Crippen LogP) is 1.88. The highest BCUT2D eigenvalue weighted by Gasteiger charge is 2.08. The van der Waals surface area contributed by atoms with Crippen molar-refractivity contribution < 1.29 is 21.9 Å². The van der Waals surface area contributed by atoms with E-state index in [1.165, 1.54) is 6.07 Å². The lowest BCUT2D eigenvalue weighted by Crippen LogP contribution is -2.27. The zero-order valence-electron chi connectivity index (χ0n) is 12.0. The number of sulfonamides is 1. The van der Waals surface area contributed by atoms with Gasteiger partial charge in [0.25, 0.3) is 0 Å². The highest BCUT2D eigenvalue weighted by molar-refractivity contribution is 7.88. The van der Waals surface area contributed by atoms with Gasteiger partial charge in [-0.1, -0.05) is 12.1 Å². The molecule has 21 heavy (non-hydrogen) atoms. The molecule has 0 fully saturated rings. The minimum absolute atomic E-state index is 0.0514. The van der Waals surface area contributed by atoms with E-state index in [1.807, 2.05) is 13.0 Å². The van der Waals surface area contributed by atoms with Gasteiger partial charge in [-0.25, -0.2) is 13.1 Å². The van der Waals surface area contributed by atoms with Crippen molar-refractivity contribution >= 4 is 10.0 Å². The van der Waals surface area contributed by atoms with Gasteiger partial charge in [0.1, 0.15) is 5.75 Å². The van der Waals surface area contributed by atoms with Gasteiger partial charge in [0, 0.05) is 12.6 Å². The Hall–Kier alpha value is -1.25. The van der Waals surface area contributed by atoms with Crippen molar-refractivity contribution in [3.05, 3.63) is 29.8 Å². The largest absolute Gasteiger partial charge is 0.435 e. The molecule has 0 aromatic heterocycles. The van der Waals surface area contributed by atoms with Gasteiger partial charge in [0.2, 0.25) is 10.0 Å². The summed E-state index contributed by atoms with van der Waals surface area (Å²) in [5, 5.41) is 3.19. The molecule has 0 aliphatic rings. The highest BCUT2D eigenvalue weighted by Crippen LogP contribution is 2.20. The van der Waals surface area contributed by atoms with E-state index < -0.39 is 16.6 Å². The van der Waals surface area contributed by atoms with Crippen LogP contribution in [0.4, 0.5) is 8.78 Å². The molecule has 0 aliphatic heterocycles. The Morgan fingerprint density at radius 1 is 1.29 bits per heavy atom. The third-order valence-corrected chi connectivity index (χ3v) is 3.48. The van der Waals surface area contributed by atoms with Crippen molar-refractivity contribution in [1.29, 1.82) is 0 Å². The van der Waals surface area contributed by atoms with E-state index in [4.69, 9.17) is 0 Å². The summed E-state index contributed by atoms with van der Waals surface area (Å²) in [5.74, 6) is 0.120. The number of alkyl halides is 2. The maximum atomic E-state index is 12.1. The molecule has 0 amide bonds. The van der Waals surface area contributed by atoms with Crippen LogP contribution in [-0.2, 0) is 10.0 Å². The van der Waals surface area contributed by atoms with Gasteiger partial charge in [-0.2, -0.15) is 8.78 Å². The number of hydrogen-bond acceptors (Lipinski definition) is 4. The second-order valence-corrected chi connectivity index (χ2v) is 6.48. The van der Waals surface area contributed by atoms with Crippen LogP contribution in [0.25, 0.3) is 0 Å². The van der Waals surface area contributed by atoms with Crippen molar-refractivity contribution in [1.82, 2.24) is 10.0 Å². The average Bonchev–Trinajstić information content (AvgIpc) is 2.36. The van der Waals surface area contributed by atoms with Gasteiger partial charge in [0.15, 0.2) is 0 Å². The fourth-order valence-electron chi connectivity index (χ4n) is 1.74. The van der Waals surface area contributed by atoms with Crippen LogP contribution >= 0.6 is 0 Å². The maximum Gasteiger partial charge on any atom is 0.387 e. The Morgan fingerprint density at radius 2 is 2.00 bits per heavy atom. The Balaban J connectivity index is 2.39. The summed E-state index contributed by atoms with van der Waals surface area (Å²) in [5.41, 5.74) is 0.823. The summed E-state index contributed by atoms with van der Waals surface area (Å²) in [7, 11) is -3.16. The molecule has 1 atom stereocenters. The van der Waals surface area contributed by atoms with Crippen LogP contribution < -0.4 is 14.8 Å². The molecule has 1 rings (SSSR count). The quantitative estimate of drug-likeness (QED) is 0.681. The zero-order valence-corrected chi connectivity index (χ0v) is 12.8. The fourth-order valence-corrected chi connectivity index (χ4v) is 2.26. The maximum absolute atomic E-state index is 12.1. The van der Waals surface area contributed by atoms with E-state index in [1.54, 1.807) is 12.1 Å². The predicted molar refractivity (Wildman–Crippen MR) is 77.0 cm³/mol. The molecule has 8 heteroatoms. The molecule has 5 nitrogen and oxygen atoms in total. The van der Waals surface area contributed by atoms with Gasteiger partial charge in [-0.3, -0.25) is 0 Å². The lowest BCUT2D eigenvalue weighted by Gasteiger charge is -2.15. The molecule has 1 aromatic carbocycles. The van der Waals surface area contributed by atoms with E-state index >= 15 is 0 Å². The second kappa shape index (κ2) is 8.26. The summed E-state index contributed by atoms with van der Waals surface area (Å²) >= 11 is 0. The minimum Gasteiger partial charge on any atom is -0.435 e. The SMILES string of the molecule is CC(NCCCNS(C)(=O)=O)c1cccc(OC(F)F)c1. The van der Waals surface area contributed by atoms with Crippen LogP contribution in [-0.4, -0.2) is 34.4 Å². The Bertz CT molecular complexity index is 538. The zero-order chi connectivity index (χ0) is 15.9. The van der Waals surface area contributed by atoms with E-state index in [-0.39, 0.29) is 11.8 Å². The monoisotopic (exact) mass is 322 g/mol. The molecule has 2 N–H and O–H groups in total. The van der Waals surface area contributed by atoms with Crippen LogP contribution in [0.3, 0.4) is 0 Å². The molecule has 0 saturated heterocycles. The molecule has 0 aliphatic carbocycles. The number of rotatable bonds is 9. The topological polar surface area (TPSA) is 67.4 Å². The lowest BCUT2D eigenvalue weighted by molar-refractivity contribution is -0.0499. The van der Waals surface area contributed by atoms with Crippen LogP contribution in [0.15, 0.2) is 24.3 Å². The fraction of sp³-hybridized carbons (Fsp3) is 0.538. The van der Waals surface area contributed by atoms with Gasteiger partial charge < -0.3 is 10.1 Å². The van der Waals surface area contributed by atoms with Gasteiger partial charge in [-0.15, -0.1) is 0 Å². The lowest BCUT2D eigenvalue weighted by atomic mass is 10.1. The van der Waals surface area contributed by atoms with Crippen LogP contribution in [0, 0.1) is 0 Å². The summed E-state index contributed by atoms with van der Waals surface area (Å²) < 4.78 is 52.8. The van der Waals surface area contributed by atoms with Gasteiger partial charge in [-0.05, 0) is 37.6 Å². The van der Waals surface area contributed by atoms with Crippen molar-refractivity contribution in [3.63, 3.8) is 0 Å². The second-order valence-electron chi connectivity index (χ2n) is 4.65. The van der Waals surface area contributed by atoms with Crippen LogP contribution in [0.5, 0.6) is 5.75 Å². The van der Waals surface area contributed by atoms with Crippen LogP contribution in [0.2, 0.25) is 0 Å². The minimum atomic E-state index is -3.16. The molecule has 0 bridgehead atoms. The first-order valence-electron chi connectivity index (χ1n) is 6.51. The van der Waals surface area contributed by atoms with Crippen molar-refractivity contribution in [3.8, 4) is 5.75 Å². The van der Waals surface area contributed by atoms with E-state index in [9.17, 15) is 17.2 Å². The van der Waals surface area contributed by atoms with E-state index in [0.29, 0.717) is 19.5 Å². The third kappa shape index (κ3) is 7.93. The Labute approximate surface area is 123 Å². The third-order valence-electron chi connectivity index (χ3n) is 2.75. The normalized spacial score (nSPS) is 13.4. The highest BCUT2D eigenvalue weighted by atomic mass is 32.2. The molecular formula is C13H20F2N2O3S. The van der Waals surface area contributed by atoms with Crippen molar-refractivity contribution in [2.24, 2.45) is 0 Å². The smallest absolute Gasteiger partial charge is 0.387 e. The molecule has 120 valence electrons. The van der Waals surface area contributed by atoms with Crippen LogP contribution in [0.1, 0.15) is 24.9 Å². The van der Waals surface area contributed by atoms with E-state index in [2.05, 4.69) is 14.8 Å². The molecule has 0 spiro atoms. The first-order chi connectivity index (χ1) is 9.78. The number of ether oxygens (including phenoxy) is 1. The molecule has 0 heterocycles. The number of hydrogen-bond donors (Lipinski definition) is 2. The van der Waals surface area contributed by atoms with E-state index in [0.717, 1.165) is 11.8 Å². The van der Waals surface area contributed by atoms with Crippen molar-refractivity contribution in [2.45, 2.75) is 26.0 Å². The molecule has 0 radical (unpaired) electrons. The number of halogens is 2. The Kier molecular flexibility index (Phi) is 7.00. The molecular weight excluding hydrogens is 302 g/mol. The summed E-state index contributed by atoms with van der Waals surface area (Å²) in [6.45, 7) is 0.00734. The first kappa shape index (κ1) is 17.8. The van der Waals surface area contributed by atoms with Gasteiger partial charge >= 0.3 is 6.61 Å². The molecule has 1 aromatic rings. The number of nitrogens with one attached hydrogen (secondary N) is 2. The Morgan fingerprint density at radius 3 is 2.62 bits per heavy atom. The summed E-state index contributed by atoms with van der Waals surface area (Å²) in [6, 6.07) is 6.43. The standard InChI is InChI=1S/C13H20F2N2O3S/c1-10(16-7-4-8-17-21(2,18)19)11-5-3-6-12(9-11)20-13(14)15/h3,5-6,9-10,13,16-17H,4,7-8H2,1-2H3. The van der Waals surface area contributed by atoms with Gasteiger partial charge in [0.05, 0.1) is 6.26 Å². The average molecular weight is 322 g/mol. The number of benzene rings is 1. The molecule has 1 unspecified atom stereocenters. The summed E-state index contributed by atoms with van der Waals surface area (Å²) in [6.07, 6.45) is 1.74. The summed E-state index contributed by atoms with van der Waals surface area (Å²) in [4.78, 5) is 0.